The second kappa shape index (κ2) is 6.61. The van der Waals surface area contributed by atoms with Crippen LogP contribution in [0.2, 0.25) is 0 Å². The van der Waals surface area contributed by atoms with Gasteiger partial charge in [-0.1, -0.05) is 42.0 Å². The lowest BCUT2D eigenvalue weighted by atomic mass is 10.0. The van der Waals surface area contributed by atoms with Gasteiger partial charge >= 0.3 is 0 Å². The minimum absolute atomic E-state index is 0.388. The normalized spacial score (nSPS) is 16.9. The summed E-state index contributed by atoms with van der Waals surface area (Å²) in [6.07, 6.45) is 10.0. The van der Waals surface area contributed by atoms with E-state index in [1.54, 1.807) is 5.57 Å². The highest BCUT2D eigenvalue weighted by atomic mass is 16.5. The van der Waals surface area contributed by atoms with Crippen molar-refractivity contribution in [3.05, 3.63) is 47.5 Å². The molecule has 2 rings (SSSR count). The van der Waals surface area contributed by atoms with E-state index in [0.717, 1.165) is 19.3 Å². The molecule has 1 aromatic rings. The molecular formula is C16H22O. The van der Waals surface area contributed by atoms with Gasteiger partial charge in [-0.3, -0.25) is 0 Å². The molecular weight excluding hydrogens is 208 g/mol. The highest BCUT2D eigenvalue weighted by Gasteiger charge is 2.12. The molecule has 0 aromatic heterocycles. The standard InChI is InChI=1S/C16H22O/c1-17-16(13-15-9-5-6-10-15)12-11-14-7-3-2-4-8-14/h2-4,7-9,16H,5-6,10-13H2,1H3. The van der Waals surface area contributed by atoms with Crippen molar-refractivity contribution in [3.8, 4) is 0 Å². The molecule has 92 valence electrons. The van der Waals surface area contributed by atoms with Gasteiger partial charge in [0.2, 0.25) is 0 Å². The van der Waals surface area contributed by atoms with Crippen LogP contribution in [0, 0.1) is 0 Å². The molecule has 0 saturated carbocycles. The zero-order chi connectivity index (χ0) is 11.9. The Morgan fingerprint density at radius 2 is 2.06 bits per heavy atom. The summed E-state index contributed by atoms with van der Waals surface area (Å²) in [5, 5.41) is 0. The quantitative estimate of drug-likeness (QED) is 0.667. The fourth-order valence-corrected chi connectivity index (χ4v) is 2.49. The van der Waals surface area contributed by atoms with Crippen molar-refractivity contribution in [2.45, 2.75) is 44.6 Å². The summed E-state index contributed by atoms with van der Waals surface area (Å²) in [4.78, 5) is 0. The molecule has 1 aliphatic carbocycles. The first-order valence-corrected chi connectivity index (χ1v) is 6.63. The van der Waals surface area contributed by atoms with Crippen LogP contribution in [0.15, 0.2) is 42.0 Å². The summed E-state index contributed by atoms with van der Waals surface area (Å²) >= 11 is 0. The smallest absolute Gasteiger partial charge is 0.0611 e. The molecule has 0 heterocycles. The van der Waals surface area contributed by atoms with E-state index in [1.165, 1.54) is 24.8 Å². The highest BCUT2D eigenvalue weighted by molar-refractivity contribution is 5.15. The zero-order valence-corrected chi connectivity index (χ0v) is 10.7. The molecule has 1 unspecified atom stereocenters. The Kier molecular flexibility index (Phi) is 4.81. The van der Waals surface area contributed by atoms with Crippen LogP contribution in [-0.4, -0.2) is 13.2 Å². The molecule has 1 heteroatoms. The van der Waals surface area contributed by atoms with E-state index < -0.39 is 0 Å². The van der Waals surface area contributed by atoms with Crippen molar-refractivity contribution in [3.63, 3.8) is 0 Å². The van der Waals surface area contributed by atoms with Gasteiger partial charge in [-0.15, -0.1) is 0 Å². The van der Waals surface area contributed by atoms with E-state index in [0.29, 0.717) is 6.10 Å². The third-order valence-electron chi connectivity index (χ3n) is 3.56. The van der Waals surface area contributed by atoms with Crippen LogP contribution in [0.25, 0.3) is 0 Å². The number of methoxy groups -OCH3 is 1. The molecule has 1 aromatic carbocycles. The highest BCUT2D eigenvalue weighted by Crippen LogP contribution is 2.24. The molecule has 0 amide bonds. The SMILES string of the molecule is COC(CCc1ccccc1)CC1=CCCC1. The molecule has 1 nitrogen and oxygen atoms in total. The number of rotatable bonds is 6. The second-order valence-corrected chi connectivity index (χ2v) is 4.84. The monoisotopic (exact) mass is 230 g/mol. The first-order chi connectivity index (χ1) is 8.38. The van der Waals surface area contributed by atoms with E-state index in [9.17, 15) is 0 Å². The Labute approximate surface area is 104 Å². The Hall–Kier alpha value is -1.08. The van der Waals surface area contributed by atoms with E-state index in [-0.39, 0.29) is 0 Å². The van der Waals surface area contributed by atoms with Gasteiger partial charge < -0.3 is 4.74 Å². The molecule has 1 atom stereocenters. The summed E-state index contributed by atoms with van der Waals surface area (Å²) in [5.74, 6) is 0. The van der Waals surface area contributed by atoms with Crippen molar-refractivity contribution in [2.75, 3.05) is 7.11 Å². The van der Waals surface area contributed by atoms with Crippen LogP contribution in [0.5, 0.6) is 0 Å². The maximum Gasteiger partial charge on any atom is 0.0611 e. The van der Waals surface area contributed by atoms with Gasteiger partial charge in [0.25, 0.3) is 0 Å². The van der Waals surface area contributed by atoms with Crippen LogP contribution in [0.1, 0.15) is 37.7 Å². The number of hydrogen-bond acceptors (Lipinski definition) is 1. The number of allylic oxidation sites excluding steroid dienone is 1. The van der Waals surface area contributed by atoms with Crippen LogP contribution >= 0.6 is 0 Å². The average Bonchev–Trinajstić information content (AvgIpc) is 2.88. The average molecular weight is 230 g/mol. The Bertz CT molecular complexity index is 353. The van der Waals surface area contributed by atoms with Gasteiger partial charge in [0.05, 0.1) is 6.10 Å². The molecule has 0 bridgehead atoms. The Balaban J connectivity index is 1.79. The molecule has 0 spiro atoms. The Morgan fingerprint density at radius 3 is 2.71 bits per heavy atom. The van der Waals surface area contributed by atoms with Crippen LogP contribution in [0.4, 0.5) is 0 Å². The van der Waals surface area contributed by atoms with Gasteiger partial charge in [0, 0.05) is 7.11 Å². The number of aryl methyl sites for hydroxylation is 1. The minimum atomic E-state index is 0.388. The molecule has 0 aliphatic heterocycles. The topological polar surface area (TPSA) is 9.23 Å². The summed E-state index contributed by atoms with van der Waals surface area (Å²) in [6, 6.07) is 10.7. The fourth-order valence-electron chi connectivity index (χ4n) is 2.49. The van der Waals surface area contributed by atoms with E-state index in [2.05, 4.69) is 36.4 Å². The minimum Gasteiger partial charge on any atom is -0.381 e. The Morgan fingerprint density at radius 1 is 1.24 bits per heavy atom. The maximum atomic E-state index is 5.59. The summed E-state index contributed by atoms with van der Waals surface area (Å²) in [7, 11) is 1.84. The number of benzene rings is 1. The van der Waals surface area contributed by atoms with Crippen LogP contribution < -0.4 is 0 Å². The summed E-state index contributed by atoms with van der Waals surface area (Å²) in [5.41, 5.74) is 3.01. The molecule has 1 aliphatic rings. The lowest BCUT2D eigenvalue weighted by Gasteiger charge is -2.16. The molecule has 0 N–H and O–H groups in total. The molecule has 0 fully saturated rings. The largest absolute Gasteiger partial charge is 0.381 e. The van der Waals surface area contributed by atoms with Gasteiger partial charge in [0.1, 0.15) is 0 Å². The van der Waals surface area contributed by atoms with Crippen molar-refractivity contribution in [2.24, 2.45) is 0 Å². The third kappa shape index (κ3) is 4.01. The summed E-state index contributed by atoms with van der Waals surface area (Å²) in [6.45, 7) is 0. The van der Waals surface area contributed by atoms with Crippen LogP contribution in [0.3, 0.4) is 0 Å². The van der Waals surface area contributed by atoms with Crippen LogP contribution in [-0.2, 0) is 11.2 Å². The summed E-state index contributed by atoms with van der Waals surface area (Å²) < 4.78 is 5.59. The van der Waals surface area contributed by atoms with Gasteiger partial charge in [0.15, 0.2) is 0 Å². The van der Waals surface area contributed by atoms with Crippen molar-refractivity contribution in [1.82, 2.24) is 0 Å². The zero-order valence-electron chi connectivity index (χ0n) is 10.7. The van der Waals surface area contributed by atoms with Gasteiger partial charge in [-0.25, -0.2) is 0 Å². The van der Waals surface area contributed by atoms with E-state index >= 15 is 0 Å². The van der Waals surface area contributed by atoms with E-state index in [1.807, 2.05) is 7.11 Å². The number of ether oxygens (including phenoxy) is 1. The first kappa shape index (κ1) is 12.4. The fraction of sp³-hybridized carbons (Fsp3) is 0.500. The van der Waals surface area contributed by atoms with Gasteiger partial charge in [-0.05, 0) is 44.1 Å². The van der Waals surface area contributed by atoms with Gasteiger partial charge in [-0.2, -0.15) is 0 Å². The van der Waals surface area contributed by atoms with Crippen molar-refractivity contribution in [1.29, 1.82) is 0 Å². The second-order valence-electron chi connectivity index (χ2n) is 4.84. The predicted molar refractivity (Wildman–Crippen MR) is 72.1 cm³/mol. The van der Waals surface area contributed by atoms with Crippen molar-refractivity contribution < 1.29 is 4.74 Å². The molecule has 0 radical (unpaired) electrons. The molecule has 17 heavy (non-hydrogen) atoms. The number of hydrogen-bond donors (Lipinski definition) is 0. The van der Waals surface area contributed by atoms with Crippen molar-refractivity contribution >= 4 is 0 Å². The lowest BCUT2D eigenvalue weighted by molar-refractivity contribution is 0.0953. The predicted octanol–water partition coefficient (Wildman–Crippen LogP) is 4.13. The maximum absolute atomic E-state index is 5.59. The first-order valence-electron chi connectivity index (χ1n) is 6.63. The lowest BCUT2D eigenvalue weighted by Crippen LogP contribution is -2.12. The van der Waals surface area contributed by atoms with E-state index in [4.69, 9.17) is 4.74 Å². The third-order valence-corrected chi connectivity index (χ3v) is 3.56. The molecule has 0 saturated heterocycles.